The number of carbonyl (C=O) groups excluding carboxylic acids is 1. The van der Waals surface area contributed by atoms with E-state index in [-0.39, 0.29) is 36.2 Å². The number of aliphatic hydroxyl groups excluding tert-OH is 1. The highest BCUT2D eigenvalue weighted by molar-refractivity contribution is 5.96. The van der Waals surface area contributed by atoms with Crippen LogP contribution in [-0.4, -0.2) is 33.2 Å². The second-order valence-corrected chi connectivity index (χ2v) is 8.18. The normalized spacial score (nSPS) is 11.7. The number of phenolic OH excluding ortho intramolecular Hbond substituents is 1. The van der Waals surface area contributed by atoms with E-state index in [4.69, 9.17) is 20.1 Å². The Morgan fingerprint density at radius 2 is 1.77 bits per heavy atom. The zero-order valence-corrected chi connectivity index (χ0v) is 21.0. The van der Waals surface area contributed by atoms with Gasteiger partial charge in [0.1, 0.15) is 34.4 Å². The minimum atomic E-state index is -4.60. The number of halogens is 5. The molecule has 4 aromatic rings. The number of oxazole rings is 1. The predicted octanol–water partition coefficient (Wildman–Crippen LogP) is 4.93. The Morgan fingerprint density at radius 1 is 1.10 bits per heavy atom. The summed E-state index contributed by atoms with van der Waals surface area (Å²) < 4.78 is 69.4. The number of aromatic hydroxyl groups is 1. The zero-order chi connectivity index (χ0) is 29.3. The van der Waals surface area contributed by atoms with E-state index in [9.17, 15) is 27.1 Å². The van der Waals surface area contributed by atoms with E-state index in [1.807, 2.05) is 0 Å². The Morgan fingerprint density at radius 3 is 2.31 bits per heavy atom. The molecule has 0 aliphatic heterocycles. The maximum atomic E-state index is 12.9. The third-order valence-electron chi connectivity index (χ3n) is 5.22. The van der Waals surface area contributed by atoms with E-state index in [0.29, 0.717) is 40.8 Å². The van der Waals surface area contributed by atoms with Crippen LogP contribution in [0.2, 0.25) is 0 Å². The Labute approximate surface area is 220 Å². The summed E-state index contributed by atoms with van der Waals surface area (Å²) in [5.74, 6) is -0.753. The number of aryl methyl sites for hydroxylation is 2. The van der Waals surface area contributed by atoms with Crippen molar-refractivity contribution in [1.29, 1.82) is 0 Å². The molecule has 13 heteroatoms. The molecule has 1 atom stereocenters. The lowest BCUT2D eigenvalue weighted by atomic mass is 10.1. The maximum absolute atomic E-state index is 12.9. The Balaban J connectivity index is 0.000000298. The zero-order valence-electron chi connectivity index (χ0n) is 21.0. The summed E-state index contributed by atoms with van der Waals surface area (Å²) in [7, 11) is 0. The fourth-order valence-corrected chi connectivity index (χ4v) is 3.49. The van der Waals surface area contributed by atoms with Crippen molar-refractivity contribution in [3.05, 3.63) is 76.8 Å². The molecule has 39 heavy (non-hydrogen) atoms. The van der Waals surface area contributed by atoms with Crippen LogP contribution >= 0.6 is 0 Å². The molecule has 0 fully saturated rings. The minimum absolute atomic E-state index is 0.0246. The SMILES string of the molecule is Cc1nc(-c2ccc(O)c3nc(C(F)(F)F)ccc23)oc1[C@H](C)N.NC=O.OCCCc1ccc(F)cc1F. The summed E-state index contributed by atoms with van der Waals surface area (Å²) >= 11 is 0. The molecule has 0 bridgehead atoms. The second kappa shape index (κ2) is 13.6. The van der Waals surface area contributed by atoms with Gasteiger partial charge in [-0.05, 0) is 62.6 Å². The van der Waals surface area contributed by atoms with Gasteiger partial charge < -0.3 is 26.1 Å². The van der Waals surface area contributed by atoms with Crippen molar-refractivity contribution in [2.75, 3.05) is 6.61 Å². The van der Waals surface area contributed by atoms with Crippen molar-refractivity contribution < 1.29 is 41.4 Å². The number of aliphatic hydroxyl groups is 1. The Bertz CT molecular complexity index is 1410. The van der Waals surface area contributed by atoms with Crippen LogP contribution in [0, 0.1) is 18.6 Å². The van der Waals surface area contributed by atoms with Gasteiger partial charge in [0.05, 0.1) is 11.7 Å². The molecule has 0 aliphatic rings. The van der Waals surface area contributed by atoms with Crippen LogP contribution in [0.5, 0.6) is 5.75 Å². The molecule has 0 saturated heterocycles. The highest BCUT2D eigenvalue weighted by Gasteiger charge is 2.33. The predicted molar refractivity (Wildman–Crippen MR) is 133 cm³/mol. The topological polar surface area (TPSA) is 148 Å². The van der Waals surface area contributed by atoms with E-state index in [2.05, 4.69) is 15.7 Å². The monoisotopic (exact) mass is 554 g/mol. The molecule has 2 heterocycles. The van der Waals surface area contributed by atoms with Gasteiger partial charge in [0.2, 0.25) is 12.3 Å². The molecule has 0 aliphatic carbocycles. The molecule has 2 aromatic heterocycles. The van der Waals surface area contributed by atoms with E-state index >= 15 is 0 Å². The summed E-state index contributed by atoms with van der Waals surface area (Å²) in [6.07, 6.45) is -3.40. The number of fused-ring (bicyclic) bond motifs is 1. The van der Waals surface area contributed by atoms with E-state index < -0.39 is 23.5 Å². The molecule has 0 unspecified atom stereocenters. The number of amides is 1. The number of carbonyl (C=O) groups is 1. The first-order valence-electron chi connectivity index (χ1n) is 11.5. The molecule has 210 valence electrons. The van der Waals surface area contributed by atoms with Crippen LogP contribution in [0.1, 0.15) is 42.1 Å². The Kier molecular flexibility index (Phi) is 10.9. The summed E-state index contributed by atoms with van der Waals surface area (Å²) in [4.78, 5) is 16.4. The summed E-state index contributed by atoms with van der Waals surface area (Å²) in [5.41, 5.74) is 10.2. The molecule has 1 amide bonds. The quantitative estimate of drug-likeness (QED) is 0.202. The fourth-order valence-electron chi connectivity index (χ4n) is 3.49. The minimum Gasteiger partial charge on any atom is -0.506 e. The van der Waals surface area contributed by atoms with Crippen molar-refractivity contribution in [3.8, 4) is 17.2 Å². The molecular weight excluding hydrogens is 527 g/mol. The summed E-state index contributed by atoms with van der Waals surface area (Å²) in [5, 5.41) is 18.7. The lowest BCUT2D eigenvalue weighted by Gasteiger charge is -2.09. The summed E-state index contributed by atoms with van der Waals surface area (Å²) in [6, 6.07) is 7.98. The highest BCUT2D eigenvalue weighted by Crippen LogP contribution is 2.36. The molecule has 2 aromatic carbocycles. The van der Waals surface area contributed by atoms with Gasteiger partial charge in [0.15, 0.2) is 0 Å². The van der Waals surface area contributed by atoms with Crippen molar-refractivity contribution >= 4 is 17.3 Å². The number of benzene rings is 2. The molecule has 4 rings (SSSR count). The average Bonchev–Trinajstić information content (AvgIpc) is 3.25. The van der Waals surface area contributed by atoms with Gasteiger partial charge in [-0.25, -0.2) is 18.7 Å². The molecule has 6 N–H and O–H groups in total. The number of phenols is 1. The third-order valence-corrected chi connectivity index (χ3v) is 5.22. The lowest BCUT2D eigenvalue weighted by Crippen LogP contribution is -2.07. The highest BCUT2D eigenvalue weighted by atomic mass is 19.4. The van der Waals surface area contributed by atoms with E-state index in [1.165, 1.54) is 30.3 Å². The van der Waals surface area contributed by atoms with Gasteiger partial charge in [-0.1, -0.05) is 6.07 Å². The summed E-state index contributed by atoms with van der Waals surface area (Å²) in [6.45, 7) is 3.49. The van der Waals surface area contributed by atoms with Crippen LogP contribution in [-0.2, 0) is 17.4 Å². The molecule has 0 spiro atoms. The number of primary amides is 1. The standard InChI is InChI=1S/C16H14F3N3O2.C9H10F2O.CH3NO/c1-7(20)14-8(2)21-15(24-14)10-3-5-11(23)13-9(10)4-6-12(22-13)16(17,18)19;10-8-4-3-7(2-1-5-12)9(11)6-8;2-1-3/h3-7,23H,20H2,1-2H3;3-4,6,12H,1-2,5H2;1H,(H2,2,3)/t7-;;/m0../s1. The van der Waals surface area contributed by atoms with Crippen molar-refractivity contribution in [2.24, 2.45) is 11.5 Å². The molecule has 8 nitrogen and oxygen atoms in total. The number of pyridine rings is 1. The second-order valence-electron chi connectivity index (χ2n) is 8.18. The fraction of sp³-hybridized carbons (Fsp3) is 0.269. The number of alkyl halides is 3. The van der Waals surface area contributed by atoms with E-state index in [1.54, 1.807) is 13.8 Å². The van der Waals surface area contributed by atoms with Crippen LogP contribution in [0.25, 0.3) is 22.4 Å². The number of nitrogens with zero attached hydrogens (tertiary/aromatic N) is 2. The smallest absolute Gasteiger partial charge is 0.433 e. The van der Waals surface area contributed by atoms with Crippen LogP contribution in [0.4, 0.5) is 22.0 Å². The Hall–Kier alpha value is -4.10. The van der Waals surface area contributed by atoms with Crippen molar-refractivity contribution in [1.82, 2.24) is 9.97 Å². The maximum Gasteiger partial charge on any atom is 0.433 e. The van der Waals surface area contributed by atoms with Gasteiger partial charge in [-0.15, -0.1) is 0 Å². The van der Waals surface area contributed by atoms with Crippen molar-refractivity contribution in [3.63, 3.8) is 0 Å². The average molecular weight is 555 g/mol. The molecule has 0 radical (unpaired) electrons. The van der Waals surface area contributed by atoms with Gasteiger partial charge >= 0.3 is 6.18 Å². The van der Waals surface area contributed by atoms with Crippen LogP contribution in [0.3, 0.4) is 0 Å². The van der Waals surface area contributed by atoms with Crippen LogP contribution in [0.15, 0.2) is 46.9 Å². The number of hydrogen-bond acceptors (Lipinski definition) is 7. The first-order valence-corrected chi connectivity index (χ1v) is 11.5. The van der Waals surface area contributed by atoms with Gasteiger partial charge in [0, 0.05) is 23.6 Å². The lowest BCUT2D eigenvalue weighted by molar-refractivity contribution is -0.141. The number of rotatable bonds is 5. The van der Waals surface area contributed by atoms with Gasteiger partial charge in [0.25, 0.3) is 0 Å². The first kappa shape index (κ1) is 31.1. The van der Waals surface area contributed by atoms with Gasteiger partial charge in [-0.3, -0.25) is 4.79 Å². The largest absolute Gasteiger partial charge is 0.506 e. The number of nitrogens with two attached hydrogens (primary N) is 2. The first-order chi connectivity index (χ1) is 18.3. The number of aromatic nitrogens is 2. The van der Waals surface area contributed by atoms with E-state index in [0.717, 1.165) is 12.1 Å². The molecular formula is C26H27F5N4O4. The third kappa shape index (κ3) is 8.19. The molecule has 0 saturated carbocycles. The van der Waals surface area contributed by atoms with Gasteiger partial charge in [-0.2, -0.15) is 13.2 Å². The van der Waals surface area contributed by atoms with Crippen LogP contribution < -0.4 is 11.5 Å². The van der Waals surface area contributed by atoms with Crippen molar-refractivity contribution in [2.45, 2.75) is 38.9 Å². The number of hydrogen-bond donors (Lipinski definition) is 4.